The van der Waals surface area contributed by atoms with Gasteiger partial charge in [-0.2, -0.15) is 0 Å². The fourth-order valence-corrected chi connectivity index (χ4v) is 5.30. The first kappa shape index (κ1) is 23.1. The Labute approximate surface area is 204 Å². The molecular formula is C26H29ClFN3O3. The van der Waals surface area contributed by atoms with E-state index in [0.29, 0.717) is 23.9 Å². The lowest BCUT2D eigenvalue weighted by molar-refractivity contribution is -0.135. The number of likely N-dealkylation sites (tertiary alicyclic amines) is 1. The molecule has 2 heterocycles. The maximum atomic E-state index is 13.4. The summed E-state index contributed by atoms with van der Waals surface area (Å²) < 4.78 is 19.0. The lowest BCUT2D eigenvalue weighted by Crippen LogP contribution is -2.48. The molecule has 3 aliphatic rings. The number of nitrogens with one attached hydrogen (secondary N) is 1. The second-order valence-electron chi connectivity index (χ2n) is 9.45. The number of halogens is 2. The highest BCUT2D eigenvalue weighted by Crippen LogP contribution is 2.39. The molecule has 1 aliphatic carbocycles. The van der Waals surface area contributed by atoms with E-state index in [-0.39, 0.29) is 35.6 Å². The number of amides is 2. The molecule has 2 atom stereocenters. The van der Waals surface area contributed by atoms with E-state index in [4.69, 9.17) is 16.3 Å². The number of rotatable bonds is 5. The third kappa shape index (κ3) is 5.05. The monoisotopic (exact) mass is 485 g/mol. The van der Waals surface area contributed by atoms with Crippen molar-refractivity contribution in [1.29, 1.82) is 0 Å². The quantitative estimate of drug-likeness (QED) is 0.680. The van der Waals surface area contributed by atoms with Crippen LogP contribution in [-0.4, -0.2) is 60.1 Å². The number of hydrogen-bond donors (Lipinski definition) is 1. The maximum absolute atomic E-state index is 13.4. The van der Waals surface area contributed by atoms with Crippen molar-refractivity contribution in [3.05, 3.63) is 64.9 Å². The predicted octanol–water partition coefficient (Wildman–Crippen LogP) is 4.44. The molecular weight excluding hydrogens is 457 g/mol. The summed E-state index contributed by atoms with van der Waals surface area (Å²) in [7, 11) is 0. The Hall–Kier alpha value is -2.64. The van der Waals surface area contributed by atoms with Gasteiger partial charge in [-0.1, -0.05) is 23.7 Å². The van der Waals surface area contributed by atoms with Gasteiger partial charge in [0.25, 0.3) is 0 Å². The van der Waals surface area contributed by atoms with Gasteiger partial charge in [-0.15, -0.1) is 0 Å². The molecule has 6 nitrogen and oxygen atoms in total. The predicted molar refractivity (Wildman–Crippen MR) is 127 cm³/mol. The Morgan fingerprint density at radius 3 is 2.29 bits per heavy atom. The summed E-state index contributed by atoms with van der Waals surface area (Å²) in [6.45, 7) is 2.74. The van der Waals surface area contributed by atoms with Crippen LogP contribution in [0.3, 0.4) is 0 Å². The van der Waals surface area contributed by atoms with Crippen LogP contribution in [0.4, 0.5) is 9.18 Å². The summed E-state index contributed by atoms with van der Waals surface area (Å²) >= 11 is 6.13. The highest BCUT2D eigenvalue weighted by Gasteiger charge is 2.47. The molecule has 0 bridgehead atoms. The first-order chi connectivity index (χ1) is 16.5. The Morgan fingerprint density at radius 2 is 1.65 bits per heavy atom. The first-order valence-corrected chi connectivity index (χ1v) is 12.4. The molecule has 180 valence electrons. The lowest BCUT2D eigenvalue weighted by atomic mass is 9.93. The zero-order valence-electron chi connectivity index (χ0n) is 19.0. The topological polar surface area (TPSA) is 61.9 Å². The molecule has 1 N–H and O–H groups in total. The normalized spacial score (nSPS) is 23.1. The molecule has 0 spiro atoms. The number of hydrogen-bond acceptors (Lipinski definition) is 4. The molecule has 2 saturated heterocycles. The van der Waals surface area contributed by atoms with Gasteiger partial charge in [0, 0.05) is 36.0 Å². The molecule has 8 heteroatoms. The van der Waals surface area contributed by atoms with Crippen molar-refractivity contribution < 1.29 is 18.7 Å². The summed E-state index contributed by atoms with van der Waals surface area (Å²) in [4.78, 5) is 30.5. The van der Waals surface area contributed by atoms with Crippen molar-refractivity contribution in [1.82, 2.24) is 15.1 Å². The van der Waals surface area contributed by atoms with Gasteiger partial charge < -0.3 is 15.0 Å². The van der Waals surface area contributed by atoms with E-state index in [1.54, 1.807) is 0 Å². The second-order valence-corrected chi connectivity index (χ2v) is 9.89. The number of ether oxygens (including phenoxy) is 1. The molecule has 5 rings (SSSR count). The Kier molecular flexibility index (Phi) is 6.75. The van der Waals surface area contributed by atoms with E-state index in [1.165, 1.54) is 24.3 Å². The molecule has 0 radical (unpaired) electrons. The van der Waals surface area contributed by atoms with Gasteiger partial charge in [0.1, 0.15) is 11.6 Å². The maximum Gasteiger partial charge on any atom is 0.415 e. The second kappa shape index (κ2) is 9.92. The summed E-state index contributed by atoms with van der Waals surface area (Å²) in [5, 5.41) is 3.96. The van der Waals surface area contributed by atoms with Crippen molar-refractivity contribution in [3.8, 4) is 5.75 Å². The standard InChI is InChI=1S/C26H29ClFN3O3/c27-19-3-1-17(2-4-19)23-15-30(25(32)18-11-13-29-14-12-18)16-24(23)31(21-7-8-21)26(33)34-22-9-5-20(28)6-10-22/h1-6,9-10,18,21,23-24,29H,7-8,11-16H2/t23-,24+/m0/s1. The molecule has 3 fully saturated rings. The van der Waals surface area contributed by atoms with Crippen molar-refractivity contribution >= 4 is 23.6 Å². The summed E-state index contributed by atoms with van der Waals surface area (Å²) in [6, 6.07) is 13.0. The number of carbonyl (C=O) groups is 2. The van der Waals surface area contributed by atoms with E-state index in [1.807, 2.05) is 34.1 Å². The van der Waals surface area contributed by atoms with Crippen molar-refractivity contribution in [2.45, 2.75) is 43.7 Å². The Balaban J connectivity index is 1.40. The smallest absolute Gasteiger partial charge is 0.410 e. The molecule has 0 aromatic heterocycles. The largest absolute Gasteiger partial charge is 0.415 e. The van der Waals surface area contributed by atoms with Crippen LogP contribution < -0.4 is 10.1 Å². The summed E-state index contributed by atoms with van der Waals surface area (Å²) in [6.07, 6.45) is 3.04. The minimum Gasteiger partial charge on any atom is -0.410 e. The van der Waals surface area contributed by atoms with Crippen LogP contribution in [0.25, 0.3) is 0 Å². The van der Waals surface area contributed by atoms with Crippen LogP contribution in [0.1, 0.15) is 37.2 Å². The first-order valence-electron chi connectivity index (χ1n) is 12.0. The average molecular weight is 486 g/mol. The molecule has 2 aliphatic heterocycles. The minimum absolute atomic E-state index is 0.0198. The van der Waals surface area contributed by atoms with Gasteiger partial charge in [0.05, 0.1) is 6.04 Å². The van der Waals surface area contributed by atoms with Crippen molar-refractivity contribution in [3.63, 3.8) is 0 Å². The van der Waals surface area contributed by atoms with Crippen LogP contribution in [0.5, 0.6) is 5.75 Å². The van der Waals surface area contributed by atoms with E-state index in [0.717, 1.165) is 44.3 Å². The highest BCUT2D eigenvalue weighted by molar-refractivity contribution is 6.30. The van der Waals surface area contributed by atoms with E-state index < -0.39 is 6.09 Å². The average Bonchev–Trinajstić information content (AvgIpc) is 3.59. The zero-order valence-corrected chi connectivity index (χ0v) is 19.7. The van der Waals surface area contributed by atoms with Gasteiger partial charge in [-0.05, 0) is 80.7 Å². The summed E-state index contributed by atoms with van der Waals surface area (Å²) in [5.41, 5.74) is 1.05. The van der Waals surface area contributed by atoms with Crippen LogP contribution in [0.2, 0.25) is 5.02 Å². The van der Waals surface area contributed by atoms with E-state index in [9.17, 15) is 14.0 Å². The minimum atomic E-state index is -0.450. The highest BCUT2D eigenvalue weighted by atomic mass is 35.5. The molecule has 0 unspecified atom stereocenters. The number of nitrogens with zero attached hydrogens (tertiary/aromatic N) is 2. The Bertz CT molecular complexity index is 1020. The van der Waals surface area contributed by atoms with Crippen LogP contribution in [-0.2, 0) is 4.79 Å². The molecule has 1 saturated carbocycles. The third-order valence-corrected chi connectivity index (χ3v) is 7.37. The molecule has 2 amide bonds. The lowest BCUT2D eigenvalue weighted by Gasteiger charge is -2.32. The number of carbonyl (C=O) groups excluding carboxylic acids is 2. The van der Waals surface area contributed by atoms with Crippen molar-refractivity contribution in [2.24, 2.45) is 5.92 Å². The SMILES string of the molecule is O=C(C1CCNCC1)N1C[C@@H](N(C(=O)Oc2ccc(F)cc2)C2CC2)[C@H](c2ccc(Cl)cc2)C1. The molecule has 2 aromatic rings. The van der Waals surface area contributed by atoms with Gasteiger partial charge in [-0.25, -0.2) is 9.18 Å². The van der Waals surface area contributed by atoms with Crippen LogP contribution >= 0.6 is 11.6 Å². The van der Waals surface area contributed by atoms with Gasteiger partial charge >= 0.3 is 6.09 Å². The summed E-state index contributed by atoms with van der Waals surface area (Å²) in [5.74, 6) is 0.0755. The zero-order chi connectivity index (χ0) is 23.7. The fourth-order valence-electron chi connectivity index (χ4n) is 5.18. The van der Waals surface area contributed by atoms with Gasteiger partial charge in [0.2, 0.25) is 5.91 Å². The van der Waals surface area contributed by atoms with Crippen molar-refractivity contribution in [2.75, 3.05) is 26.2 Å². The Morgan fingerprint density at radius 1 is 0.971 bits per heavy atom. The van der Waals surface area contributed by atoms with Crippen LogP contribution in [0.15, 0.2) is 48.5 Å². The fraction of sp³-hybridized carbons (Fsp3) is 0.462. The van der Waals surface area contributed by atoms with E-state index in [2.05, 4.69) is 5.32 Å². The van der Waals surface area contributed by atoms with E-state index >= 15 is 0 Å². The van der Waals surface area contributed by atoms with Gasteiger partial charge in [0.15, 0.2) is 0 Å². The molecule has 2 aromatic carbocycles. The number of piperidine rings is 1. The van der Waals surface area contributed by atoms with Crippen LogP contribution in [0, 0.1) is 11.7 Å². The number of benzene rings is 2. The molecule has 34 heavy (non-hydrogen) atoms. The van der Waals surface area contributed by atoms with Gasteiger partial charge in [-0.3, -0.25) is 9.69 Å². The third-order valence-electron chi connectivity index (χ3n) is 7.11.